The van der Waals surface area contributed by atoms with Crippen LogP contribution in [0.1, 0.15) is 10.4 Å². The number of benzene rings is 2. The average molecular weight is 417 g/mol. The van der Waals surface area contributed by atoms with Crippen LogP contribution >= 0.6 is 11.6 Å². The molecule has 4 rings (SSSR count). The van der Waals surface area contributed by atoms with Crippen LogP contribution < -0.4 is 14.4 Å². The number of amides is 1. The minimum Gasteiger partial charge on any atom is -0.454 e. The monoisotopic (exact) mass is 416 g/mol. The maximum atomic E-state index is 14.1. The molecule has 0 bridgehead atoms. The zero-order valence-electron chi connectivity index (χ0n) is 14.3. The summed E-state index contributed by atoms with van der Waals surface area (Å²) in [6, 6.07) is 4.77. The summed E-state index contributed by atoms with van der Waals surface area (Å²) in [5.41, 5.74) is -0.451. The van der Waals surface area contributed by atoms with Gasteiger partial charge in [-0.05, 0) is 18.2 Å². The van der Waals surface area contributed by atoms with Gasteiger partial charge < -0.3 is 19.3 Å². The van der Waals surface area contributed by atoms with Crippen molar-refractivity contribution in [2.24, 2.45) is 0 Å². The lowest BCUT2D eigenvalue weighted by Gasteiger charge is -2.36. The Bertz CT molecular complexity index is 935. The van der Waals surface area contributed by atoms with Gasteiger partial charge in [-0.15, -0.1) is 0 Å². The number of carbonyl (C=O) groups excluding carboxylic acids is 1. The van der Waals surface area contributed by atoms with Crippen LogP contribution in [0.2, 0.25) is 5.02 Å². The first kappa shape index (κ1) is 18.7. The highest BCUT2D eigenvalue weighted by molar-refractivity contribution is 6.31. The van der Waals surface area contributed by atoms with E-state index in [2.05, 4.69) is 0 Å². The first-order chi connectivity index (χ1) is 13.4. The predicted octanol–water partition coefficient (Wildman–Crippen LogP) is 3.59. The van der Waals surface area contributed by atoms with E-state index < -0.39 is 34.0 Å². The number of halogens is 5. The molecule has 0 aliphatic carbocycles. The molecule has 0 unspecified atom stereocenters. The minimum atomic E-state index is -1.64. The van der Waals surface area contributed by atoms with Crippen LogP contribution in [0.25, 0.3) is 0 Å². The number of ether oxygens (including phenoxy) is 2. The molecular formula is C18H13ClF4N2O3. The van der Waals surface area contributed by atoms with Crippen molar-refractivity contribution in [1.82, 2.24) is 4.90 Å². The van der Waals surface area contributed by atoms with Crippen molar-refractivity contribution < 1.29 is 31.8 Å². The van der Waals surface area contributed by atoms with Crippen LogP contribution in [0.5, 0.6) is 11.5 Å². The molecule has 2 aromatic rings. The van der Waals surface area contributed by atoms with Crippen molar-refractivity contribution in [2.45, 2.75) is 0 Å². The Kier molecular flexibility index (Phi) is 4.70. The van der Waals surface area contributed by atoms with Gasteiger partial charge in [0.15, 0.2) is 34.8 Å². The van der Waals surface area contributed by atoms with Crippen molar-refractivity contribution in [3.05, 3.63) is 52.1 Å². The first-order valence-electron chi connectivity index (χ1n) is 8.33. The predicted molar refractivity (Wildman–Crippen MR) is 92.0 cm³/mol. The lowest BCUT2D eigenvalue weighted by Crippen LogP contribution is -2.49. The van der Waals surface area contributed by atoms with E-state index in [1.807, 2.05) is 0 Å². The maximum Gasteiger partial charge on any atom is 0.254 e. The lowest BCUT2D eigenvalue weighted by molar-refractivity contribution is 0.0746. The van der Waals surface area contributed by atoms with Gasteiger partial charge in [0.1, 0.15) is 10.7 Å². The zero-order chi connectivity index (χ0) is 20.0. The number of carbonyl (C=O) groups is 1. The summed E-state index contributed by atoms with van der Waals surface area (Å²) in [6.07, 6.45) is 0. The van der Waals surface area contributed by atoms with E-state index in [-0.39, 0.29) is 38.9 Å². The second kappa shape index (κ2) is 7.05. The molecule has 2 heterocycles. The van der Waals surface area contributed by atoms with Gasteiger partial charge in [0.25, 0.3) is 5.91 Å². The number of hydrogen-bond donors (Lipinski definition) is 0. The molecule has 0 atom stereocenters. The van der Waals surface area contributed by atoms with Gasteiger partial charge in [0, 0.05) is 31.7 Å². The third kappa shape index (κ3) is 2.99. The van der Waals surface area contributed by atoms with Crippen molar-refractivity contribution in [2.75, 3.05) is 37.9 Å². The van der Waals surface area contributed by atoms with E-state index in [1.54, 1.807) is 18.2 Å². The normalized spacial score (nSPS) is 15.9. The molecule has 0 radical (unpaired) electrons. The van der Waals surface area contributed by atoms with Crippen molar-refractivity contribution in [3.63, 3.8) is 0 Å². The summed E-state index contributed by atoms with van der Waals surface area (Å²) in [5, 5.41) is -1.23. The number of anilines is 1. The van der Waals surface area contributed by atoms with Crippen molar-refractivity contribution >= 4 is 23.2 Å². The molecule has 0 spiro atoms. The number of rotatable bonds is 2. The van der Waals surface area contributed by atoms with Gasteiger partial charge in [-0.2, -0.15) is 0 Å². The Morgan fingerprint density at radius 1 is 0.893 bits per heavy atom. The smallest absolute Gasteiger partial charge is 0.254 e. The highest BCUT2D eigenvalue weighted by Gasteiger charge is 2.31. The van der Waals surface area contributed by atoms with Gasteiger partial charge in [0.05, 0.1) is 0 Å². The summed E-state index contributed by atoms with van der Waals surface area (Å²) in [7, 11) is 0. The summed E-state index contributed by atoms with van der Waals surface area (Å²) in [6.45, 7) is 0.280. The summed E-state index contributed by atoms with van der Waals surface area (Å²) in [4.78, 5) is 15.3. The molecule has 0 N–H and O–H groups in total. The molecule has 10 heteroatoms. The minimum absolute atomic E-state index is 0.00928. The van der Waals surface area contributed by atoms with Crippen molar-refractivity contribution in [3.8, 4) is 11.5 Å². The van der Waals surface area contributed by atoms with Gasteiger partial charge in [-0.3, -0.25) is 4.79 Å². The Balaban J connectivity index is 1.50. The zero-order valence-corrected chi connectivity index (χ0v) is 15.0. The van der Waals surface area contributed by atoms with E-state index in [1.165, 1.54) is 4.90 Å². The molecule has 28 heavy (non-hydrogen) atoms. The standard InChI is InChI=1S/C18H13ClF4N2O3/c19-12-13(20)15(22)17(16(23)14(12)21)24-3-5-25(6-4-24)18(26)9-1-2-10-11(7-9)28-8-27-10/h1-2,7H,3-6,8H2. The van der Waals surface area contributed by atoms with Crippen LogP contribution in [-0.2, 0) is 0 Å². The average Bonchev–Trinajstić information content (AvgIpc) is 3.19. The molecule has 148 valence electrons. The van der Waals surface area contributed by atoms with E-state index in [9.17, 15) is 22.4 Å². The number of hydrogen-bond acceptors (Lipinski definition) is 4. The molecule has 1 saturated heterocycles. The largest absolute Gasteiger partial charge is 0.454 e. The third-order valence-corrected chi connectivity index (χ3v) is 5.02. The highest BCUT2D eigenvalue weighted by Crippen LogP contribution is 2.35. The number of nitrogens with zero attached hydrogens (tertiary/aromatic N) is 2. The Morgan fingerprint density at radius 2 is 1.50 bits per heavy atom. The first-order valence-corrected chi connectivity index (χ1v) is 8.71. The molecule has 0 aromatic heterocycles. The van der Waals surface area contributed by atoms with E-state index in [0.29, 0.717) is 17.1 Å². The fourth-order valence-electron chi connectivity index (χ4n) is 3.22. The van der Waals surface area contributed by atoms with Crippen LogP contribution in [0.4, 0.5) is 23.2 Å². The van der Waals surface area contributed by atoms with Gasteiger partial charge >= 0.3 is 0 Å². The molecular weight excluding hydrogens is 404 g/mol. The van der Waals surface area contributed by atoms with Crippen molar-refractivity contribution in [1.29, 1.82) is 0 Å². The van der Waals surface area contributed by atoms with E-state index in [4.69, 9.17) is 21.1 Å². The number of piperazine rings is 1. The maximum absolute atomic E-state index is 14.1. The summed E-state index contributed by atoms with van der Waals surface area (Å²) >= 11 is 5.25. The Hall–Kier alpha value is -2.68. The van der Waals surface area contributed by atoms with Crippen LogP contribution in [0.3, 0.4) is 0 Å². The lowest BCUT2D eigenvalue weighted by atomic mass is 10.1. The van der Waals surface area contributed by atoms with E-state index >= 15 is 0 Å². The fourth-order valence-corrected chi connectivity index (χ4v) is 3.38. The second-order valence-corrected chi connectivity index (χ2v) is 6.64. The van der Waals surface area contributed by atoms with E-state index in [0.717, 1.165) is 4.90 Å². The molecule has 2 aliphatic heterocycles. The Morgan fingerprint density at radius 3 is 2.14 bits per heavy atom. The Labute approximate surface area is 162 Å². The highest BCUT2D eigenvalue weighted by atomic mass is 35.5. The molecule has 1 amide bonds. The quantitative estimate of drug-likeness (QED) is 0.426. The third-order valence-electron chi connectivity index (χ3n) is 4.69. The SMILES string of the molecule is O=C(c1ccc2c(c1)OCO2)N1CCN(c2c(F)c(F)c(Cl)c(F)c2F)CC1. The molecule has 1 fully saturated rings. The molecule has 5 nitrogen and oxygen atoms in total. The van der Waals surface area contributed by atoms with Gasteiger partial charge in [-0.25, -0.2) is 17.6 Å². The number of fused-ring (bicyclic) bond motifs is 1. The summed E-state index contributed by atoms with van der Waals surface area (Å²) in [5.74, 6) is -5.70. The molecule has 0 saturated carbocycles. The van der Waals surface area contributed by atoms with Gasteiger partial charge in [0.2, 0.25) is 6.79 Å². The summed E-state index contributed by atoms with van der Waals surface area (Å²) < 4.78 is 66.1. The van der Waals surface area contributed by atoms with Crippen LogP contribution in [0, 0.1) is 23.3 Å². The van der Waals surface area contributed by atoms with Gasteiger partial charge in [-0.1, -0.05) is 11.6 Å². The topological polar surface area (TPSA) is 42.0 Å². The molecule has 2 aromatic carbocycles. The second-order valence-electron chi connectivity index (χ2n) is 6.27. The van der Waals surface area contributed by atoms with Crippen LogP contribution in [0.15, 0.2) is 18.2 Å². The van der Waals surface area contributed by atoms with Crippen LogP contribution in [-0.4, -0.2) is 43.8 Å². The molecule has 2 aliphatic rings. The fraction of sp³-hybridized carbons (Fsp3) is 0.278.